The standard InChI is InChI=1S/C19H21NO4/c21-13-19(24,15-4-2-1-3-5-15)20-10-8-14(9-11-20)17-7-6-16(22)12-18(17)23/h1-7,12-14,22-24H,8-11H2/t19-/m1/s1. The molecule has 1 heterocycles. The Morgan fingerprint density at radius 2 is 1.71 bits per heavy atom. The van der Waals surface area contributed by atoms with Crippen molar-refractivity contribution in [3.63, 3.8) is 0 Å². The third-order valence-corrected chi connectivity index (χ3v) is 4.79. The van der Waals surface area contributed by atoms with Crippen LogP contribution >= 0.6 is 0 Å². The topological polar surface area (TPSA) is 81.0 Å². The quantitative estimate of drug-likeness (QED) is 0.751. The molecule has 24 heavy (non-hydrogen) atoms. The van der Waals surface area contributed by atoms with Crippen LogP contribution in [0.5, 0.6) is 11.5 Å². The van der Waals surface area contributed by atoms with Gasteiger partial charge in [0.25, 0.3) is 0 Å². The third kappa shape index (κ3) is 3.00. The van der Waals surface area contributed by atoms with E-state index < -0.39 is 5.72 Å². The normalized spacial score (nSPS) is 18.9. The zero-order chi connectivity index (χ0) is 17.2. The summed E-state index contributed by atoms with van der Waals surface area (Å²) in [5, 5.41) is 30.3. The molecule has 0 unspecified atom stereocenters. The van der Waals surface area contributed by atoms with Gasteiger partial charge in [0.15, 0.2) is 6.29 Å². The molecule has 3 rings (SSSR count). The minimum absolute atomic E-state index is 0.0353. The van der Waals surface area contributed by atoms with Crippen LogP contribution in [0.4, 0.5) is 0 Å². The van der Waals surface area contributed by atoms with Crippen LogP contribution in [0.2, 0.25) is 0 Å². The zero-order valence-electron chi connectivity index (χ0n) is 13.3. The molecule has 1 fully saturated rings. The maximum absolute atomic E-state index is 11.6. The van der Waals surface area contributed by atoms with Gasteiger partial charge in [0.2, 0.25) is 5.72 Å². The van der Waals surface area contributed by atoms with Crippen molar-refractivity contribution in [2.45, 2.75) is 24.5 Å². The molecular weight excluding hydrogens is 306 g/mol. The number of carbonyl (C=O) groups is 1. The number of phenolic OH excluding ortho intramolecular Hbond substituents is 2. The number of aromatic hydroxyl groups is 2. The van der Waals surface area contributed by atoms with Crippen LogP contribution in [0, 0.1) is 0 Å². The Morgan fingerprint density at radius 1 is 1.04 bits per heavy atom. The Kier molecular flexibility index (Phi) is 4.55. The summed E-state index contributed by atoms with van der Waals surface area (Å²) in [6, 6.07) is 13.6. The highest BCUT2D eigenvalue weighted by Crippen LogP contribution is 2.37. The molecule has 126 valence electrons. The Bertz CT molecular complexity index is 711. The van der Waals surface area contributed by atoms with E-state index in [1.54, 1.807) is 41.3 Å². The molecule has 0 aliphatic carbocycles. The summed E-state index contributed by atoms with van der Waals surface area (Å²) < 4.78 is 0. The van der Waals surface area contributed by atoms with Crippen LogP contribution in [-0.4, -0.2) is 39.6 Å². The van der Waals surface area contributed by atoms with Crippen LogP contribution in [0.3, 0.4) is 0 Å². The van der Waals surface area contributed by atoms with Crippen molar-refractivity contribution >= 4 is 6.29 Å². The van der Waals surface area contributed by atoms with Crippen molar-refractivity contribution in [1.29, 1.82) is 0 Å². The van der Waals surface area contributed by atoms with Crippen molar-refractivity contribution in [3.8, 4) is 11.5 Å². The zero-order valence-corrected chi connectivity index (χ0v) is 13.3. The van der Waals surface area contributed by atoms with Crippen molar-refractivity contribution in [2.24, 2.45) is 0 Å². The van der Waals surface area contributed by atoms with Gasteiger partial charge in [0, 0.05) is 24.7 Å². The Morgan fingerprint density at radius 3 is 2.29 bits per heavy atom. The van der Waals surface area contributed by atoms with Gasteiger partial charge in [0.05, 0.1) is 0 Å². The van der Waals surface area contributed by atoms with E-state index in [0.29, 0.717) is 37.8 Å². The first kappa shape index (κ1) is 16.5. The summed E-state index contributed by atoms with van der Waals surface area (Å²) in [6.07, 6.45) is 2.00. The summed E-state index contributed by atoms with van der Waals surface area (Å²) in [4.78, 5) is 13.4. The summed E-state index contributed by atoms with van der Waals surface area (Å²) in [5.74, 6) is 0.253. The minimum Gasteiger partial charge on any atom is -0.508 e. The molecule has 1 aliphatic heterocycles. The average Bonchev–Trinajstić information content (AvgIpc) is 2.62. The van der Waals surface area contributed by atoms with Crippen molar-refractivity contribution in [2.75, 3.05) is 13.1 Å². The molecule has 0 amide bonds. The molecule has 5 nitrogen and oxygen atoms in total. The number of rotatable bonds is 4. The maximum atomic E-state index is 11.6. The summed E-state index contributed by atoms with van der Waals surface area (Å²) in [7, 11) is 0. The maximum Gasteiger partial charge on any atom is 0.201 e. The molecule has 3 N–H and O–H groups in total. The largest absolute Gasteiger partial charge is 0.508 e. The number of hydrogen-bond donors (Lipinski definition) is 3. The fourth-order valence-electron chi connectivity index (χ4n) is 3.42. The van der Waals surface area contributed by atoms with Gasteiger partial charge in [-0.3, -0.25) is 9.69 Å². The molecule has 5 heteroatoms. The fraction of sp³-hybridized carbons (Fsp3) is 0.316. The summed E-state index contributed by atoms with van der Waals surface area (Å²) in [5.41, 5.74) is -0.267. The third-order valence-electron chi connectivity index (χ3n) is 4.79. The smallest absolute Gasteiger partial charge is 0.201 e. The van der Waals surface area contributed by atoms with E-state index >= 15 is 0 Å². The van der Waals surface area contributed by atoms with E-state index in [9.17, 15) is 20.1 Å². The van der Waals surface area contributed by atoms with Crippen molar-refractivity contribution < 1.29 is 20.1 Å². The number of benzene rings is 2. The van der Waals surface area contributed by atoms with Crippen LogP contribution in [0.15, 0.2) is 48.5 Å². The van der Waals surface area contributed by atoms with Gasteiger partial charge in [-0.15, -0.1) is 0 Å². The Hall–Kier alpha value is -2.37. The lowest BCUT2D eigenvalue weighted by Crippen LogP contribution is -2.50. The van der Waals surface area contributed by atoms with Gasteiger partial charge in [-0.1, -0.05) is 36.4 Å². The van der Waals surface area contributed by atoms with Gasteiger partial charge in [-0.05, 0) is 30.4 Å². The first-order valence-electron chi connectivity index (χ1n) is 8.06. The number of piperidine rings is 1. The van der Waals surface area contributed by atoms with Gasteiger partial charge >= 0.3 is 0 Å². The van der Waals surface area contributed by atoms with Gasteiger partial charge in [0.1, 0.15) is 11.5 Å². The molecule has 1 saturated heterocycles. The average molecular weight is 327 g/mol. The van der Waals surface area contributed by atoms with Crippen molar-refractivity contribution in [1.82, 2.24) is 4.90 Å². The highest BCUT2D eigenvalue weighted by atomic mass is 16.3. The second-order valence-corrected chi connectivity index (χ2v) is 6.21. The SMILES string of the molecule is O=C[C@@](O)(c1ccccc1)N1CCC(c2ccc(O)cc2O)CC1. The molecule has 0 spiro atoms. The molecule has 0 saturated carbocycles. The van der Waals surface area contributed by atoms with E-state index in [0.717, 1.165) is 5.56 Å². The molecule has 1 atom stereocenters. The predicted molar refractivity (Wildman–Crippen MR) is 89.7 cm³/mol. The van der Waals surface area contributed by atoms with E-state index in [-0.39, 0.29) is 17.4 Å². The van der Waals surface area contributed by atoms with Crippen LogP contribution in [0.25, 0.3) is 0 Å². The highest BCUT2D eigenvalue weighted by Gasteiger charge is 2.38. The van der Waals surface area contributed by atoms with Gasteiger partial charge in [-0.2, -0.15) is 0 Å². The predicted octanol–water partition coefficient (Wildman–Crippen LogP) is 2.32. The molecule has 0 radical (unpaired) electrons. The van der Waals surface area contributed by atoms with Gasteiger partial charge in [-0.25, -0.2) is 0 Å². The molecule has 0 aromatic heterocycles. The summed E-state index contributed by atoms with van der Waals surface area (Å²) >= 11 is 0. The molecule has 1 aliphatic rings. The lowest BCUT2D eigenvalue weighted by molar-refractivity contribution is -0.153. The number of phenols is 2. The molecule has 0 bridgehead atoms. The number of likely N-dealkylation sites (tertiary alicyclic amines) is 1. The van der Waals surface area contributed by atoms with Crippen LogP contribution < -0.4 is 0 Å². The van der Waals surface area contributed by atoms with E-state index in [1.807, 2.05) is 6.07 Å². The Labute approximate surface area is 140 Å². The first-order valence-corrected chi connectivity index (χ1v) is 8.06. The van der Waals surface area contributed by atoms with Crippen LogP contribution in [-0.2, 0) is 10.5 Å². The van der Waals surface area contributed by atoms with Crippen LogP contribution in [0.1, 0.15) is 29.9 Å². The minimum atomic E-state index is -1.62. The first-order chi connectivity index (χ1) is 11.5. The molecule has 2 aromatic carbocycles. The second-order valence-electron chi connectivity index (χ2n) is 6.21. The monoisotopic (exact) mass is 327 g/mol. The summed E-state index contributed by atoms with van der Waals surface area (Å²) in [6.45, 7) is 1.07. The number of carbonyl (C=O) groups excluding carboxylic acids is 1. The number of nitrogens with zero attached hydrogens (tertiary/aromatic N) is 1. The van der Waals surface area contributed by atoms with E-state index in [4.69, 9.17) is 0 Å². The lowest BCUT2D eigenvalue weighted by atomic mass is 9.87. The van der Waals surface area contributed by atoms with E-state index in [2.05, 4.69) is 0 Å². The fourth-order valence-corrected chi connectivity index (χ4v) is 3.42. The lowest BCUT2D eigenvalue weighted by Gasteiger charge is -2.40. The van der Waals surface area contributed by atoms with Crippen molar-refractivity contribution in [3.05, 3.63) is 59.7 Å². The number of aldehydes is 1. The molecule has 2 aromatic rings. The molecular formula is C19H21NO4. The van der Waals surface area contributed by atoms with Gasteiger partial charge < -0.3 is 15.3 Å². The second kappa shape index (κ2) is 6.63. The number of aliphatic hydroxyl groups is 1. The highest BCUT2D eigenvalue weighted by molar-refractivity contribution is 5.65. The Balaban J connectivity index is 1.75. The number of hydrogen-bond acceptors (Lipinski definition) is 5. The van der Waals surface area contributed by atoms with E-state index in [1.165, 1.54) is 6.07 Å².